The summed E-state index contributed by atoms with van der Waals surface area (Å²) in [5.41, 5.74) is 1.53. The molecule has 0 radical (unpaired) electrons. The summed E-state index contributed by atoms with van der Waals surface area (Å²) >= 11 is 3.20. The number of carbonyl (C=O) groups excluding carboxylic acids is 1. The number of thiazole rings is 1. The minimum atomic E-state index is -0.255. The maximum Gasteiger partial charge on any atom is 0.279 e. The highest BCUT2D eigenvalue weighted by molar-refractivity contribution is 7.99. The van der Waals surface area contributed by atoms with E-state index in [1.807, 2.05) is 41.0 Å². The Morgan fingerprint density at radius 2 is 1.96 bits per heavy atom. The lowest BCUT2D eigenvalue weighted by atomic mass is 10.2. The first-order chi connectivity index (χ1) is 13.7. The van der Waals surface area contributed by atoms with E-state index in [0.717, 1.165) is 32.4 Å². The van der Waals surface area contributed by atoms with E-state index < -0.39 is 0 Å². The third-order valence-corrected chi connectivity index (χ3v) is 6.20. The molecule has 1 aromatic heterocycles. The van der Waals surface area contributed by atoms with Crippen molar-refractivity contribution in [1.29, 1.82) is 0 Å². The maximum atomic E-state index is 12.7. The average molecular weight is 413 g/mol. The first kappa shape index (κ1) is 18.8. The van der Waals surface area contributed by atoms with Crippen LogP contribution in [0.3, 0.4) is 0 Å². The van der Waals surface area contributed by atoms with Crippen LogP contribution < -0.4 is 14.3 Å². The molecule has 0 fully saturated rings. The van der Waals surface area contributed by atoms with Crippen molar-refractivity contribution in [1.82, 2.24) is 4.57 Å². The molecule has 4 rings (SSSR count). The molecule has 0 N–H and O–H groups in total. The van der Waals surface area contributed by atoms with Crippen LogP contribution in [0.5, 0.6) is 11.5 Å². The lowest BCUT2D eigenvalue weighted by Gasteiger charge is -2.18. The first-order valence-electron chi connectivity index (χ1n) is 9.05. The smallest absolute Gasteiger partial charge is 0.279 e. The van der Waals surface area contributed by atoms with Gasteiger partial charge in [-0.25, -0.2) is 0 Å². The van der Waals surface area contributed by atoms with E-state index in [9.17, 15) is 4.79 Å². The van der Waals surface area contributed by atoms with Crippen molar-refractivity contribution in [3.8, 4) is 11.5 Å². The number of amides is 1. The van der Waals surface area contributed by atoms with Crippen LogP contribution in [-0.4, -0.2) is 29.4 Å². The lowest BCUT2D eigenvalue weighted by Crippen LogP contribution is -2.17. The predicted octanol–water partition coefficient (Wildman–Crippen LogP) is 4.51. The Bertz CT molecular complexity index is 1100. The van der Waals surface area contributed by atoms with Gasteiger partial charge >= 0.3 is 0 Å². The van der Waals surface area contributed by atoms with Crippen LogP contribution in [-0.2, 0) is 6.54 Å². The van der Waals surface area contributed by atoms with Crippen molar-refractivity contribution in [3.05, 3.63) is 59.4 Å². The largest absolute Gasteiger partial charge is 0.486 e. The molecule has 0 bridgehead atoms. The fourth-order valence-electron chi connectivity index (χ4n) is 3.01. The van der Waals surface area contributed by atoms with Gasteiger partial charge in [0.15, 0.2) is 16.3 Å². The highest BCUT2D eigenvalue weighted by Gasteiger charge is 2.16. The number of thioether (sulfide) groups is 1. The number of carbonyl (C=O) groups is 1. The van der Waals surface area contributed by atoms with Crippen LogP contribution >= 0.6 is 23.1 Å². The van der Waals surface area contributed by atoms with Gasteiger partial charge in [0.05, 0.1) is 10.2 Å². The maximum absolute atomic E-state index is 12.7. The number of fused-ring (bicyclic) bond motifs is 2. The SMILES string of the molecule is C=CCn1c(=NC(=O)c2ccc(SCC)cc2)sc2cc3c(cc21)OCCO3. The Kier molecular flexibility index (Phi) is 5.54. The van der Waals surface area contributed by atoms with E-state index in [4.69, 9.17) is 9.47 Å². The third-order valence-electron chi connectivity index (χ3n) is 4.27. The van der Waals surface area contributed by atoms with Crippen LogP contribution in [0.1, 0.15) is 17.3 Å². The van der Waals surface area contributed by atoms with E-state index in [1.165, 1.54) is 11.3 Å². The molecule has 0 spiro atoms. The summed E-state index contributed by atoms with van der Waals surface area (Å²) in [7, 11) is 0. The summed E-state index contributed by atoms with van der Waals surface area (Å²) in [6, 6.07) is 11.5. The second-order valence-electron chi connectivity index (χ2n) is 6.12. The Hall–Kier alpha value is -2.51. The number of rotatable bonds is 5. The number of ether oxygens (including phenoxy) is 2. The number of benzene rings is 2. The van der Waals surface area contributed by atoms with E-state index in [-0.39, 0.29) is 5.91 Å². The second kappa shape index (κ2) is 8.24. The lowest BCUT2D eigenvalue weighted by molar-refractivity contribution is 0.0998. The molecule has 0 aliphatic carbocycles. The van der Waals surface area contributed by atoms with Crippen molar-refractivity contribution in [2.75, 3.05) is 19.0 Å². The quantitative estimate of drug-likeness (QED) is 0.457. The Labute approximate surface area is 171 Å². The van der Waals surface area contributed by atoms with Gasteiger partial charge in [-0.1, -0.05) is 24.3 Å². The molecule has 144 valence electrons. The van der Waals surface area contributed by atoms with Gasteiger partial charge in [-0.05, 0) is 30.0 Å². The molecule has 1 aliphatic rings. The summed E-state index contributed by atoms with van der Waals surface area (Å²) in [6.07, 6.45) is 1.79. The first-order valence-corrected chi connectivity index (χ1v) is 10.9. The third kappa shape index (κ3) is 3.72. The summed E-state index contributed by atoms with van der Waals surface area (Å²) < 4.78 is 14.3. The molecule has 0 saturated carbocycles. The summed E-state index contributed by atoms with van der Waals surface area (Å²) in [4.78, 5) is 18.9. The molecule has 28 heavy (non-hydrogen) atoms. The fraction of sp³-hybridized carbons (Fsp3) is 0.238. The van der Waals surface area contributed by atoms with Crippen molar-refractivity contribution in [3.63, 3.8) is 0 Å². The molecule has 7 heteroatoms. The minimum Gasteiger partial charge on any atom is -0.486 e. The van der Waals surface area contributed by atoms with Crippen LogP contribution in [0.4, 0.5) is 0 Å². The fourth-order valence-corrected chi connectivity index (χ4v) is 4.72. The average Bonchev–Trinajstić information content (AvgIpc) is 3.03. The molecule has 2 aromatic carbocycles. The van der Waals surface area contributed by atoms with Gasteiger partial charge in [0.25, 0.3) is 5.91 Å². The van der Waals surface area contributed by atoms with E-state index in [0.29, 0.717) is 30.1 Å². The van der Waals surface area contributed by atoms with Gasteiger partial charge in [-0.15, -0.1) is 18.3 Å². The van der Waals surface area contributed by atoms with Gasteiger partial charge < -0.3 is 14.0 Å². The molecule has 1 aliphatic heterocycles. The number of nitrogens with zero attached hydrogens (tertiary/aromatic N) is 2. The number of aromatic nitrogens is 1. The predicted molar refractivity (Wildman–Crippen MR) is 114 cm³/mol. The normalized spacial score (nSPS) is 13.7. The second-order valence-corrected chi connectivity index (χ2v) is 8.47. The van der Waals surface area contributed by atoms with Crippen molar-refractivity contribution in [2.45, 2.75) is 18.4 Å². The van der Waals surface area contributed by atoms with Crippen LogP contribution in [0.25, 0.3) is 10.2 Å². The minimum absolute atomic E-state index is 0.255. The van der Waals surface area contributed by atoms with E-state index >= 15 is 0 Å². The zero-order chi connectivity index (χ0) is 19.5. The highest BCUT2D eigenvalue weighted by atomic mass is 32.2. The molecule has 3 aromatic rings. The topological polar surface area (TPSA) is 52.8 Å². The van der Waals surface area contributed by atoms with Crippen LogP contribution in [0, 0.1) is 0 Å². The van der Waals surface area contributed by atoms with Crippen molar-refractivity contribution >= 4 is 39.2 Å². The summed E-state index contributed by atoms with van der Waals surface area (Å²) in [6.45, 7) is 7.57. The molecule has 0 atom stereocenters. The molecular weight excluding hydrogens is 392 g/mol. The molecule has 2 heterocycles. The zero-order valence-corrected chi connectivity index (χ0v) is 17.1. The van der Waals surface area contributed by atoms with Gasteiger partial charge in [0.2, 0.25) is 0 Å². The monoisotopic (exact) mass is 412 g/mol. The van der Waals surface area contributed by atoms with Gasteiger partial charge in [-0.2, -0.15) is 4.99 Å². The summed E-state index contributed by atoms with van der Waals surface area (Å²) in [5, 5.41) is 0. The standard InChI is InChI=1S/C21H20N2O3S2/c1-3-9-23-16-12-17-18(26-11-10-25-17)13-19(16)28-21(23)22-20(24)14-5-7-15(8-6-14)27-4-2/h3,5-8,12-13H,1,4,9-11H2,2H3. The van der Waals surface area contributed by atoms with Gasteiger partial charge in [0, 0.05) is 29.1 Å². The Morgan fingerprint density at radius 3 is 2.64 bits per heavy atom. The van der Waals surface area contributed by atoms with E-state index in [1.54, 1.807) is 17.8 Å². The Balaban J connectivity index is 1.76. The number of allylic oxidation sites excluding steroid dienone is 1. The molecule has 0 saturated heterocycles. The molecule has 1 amide bonds. The summed E-state index contributed by atoms with van der Waals surface area (Å²) in [5.74, 6) is 2.19. The molecule has 5 nitrogen and oxygen atoms in total. The molecular formula is C21H20N2O3S2. The molecule has 0 unspecified atom stereocenters. The number of hydrogen-bond acceptors (Lipinski definition) is 5. The van der Waals surface area contributed by atoms with Crippen molar-refractivity contribution < 1.29 is 14.3 Å². The van der Waals surface area contributed by atoms with Gasteiger partial charge in [0.1, 0.15) is 13.2 Å². The van der Waals surface area contributed by atoms with Gasteiger partial charge in [-0.3, -0.25) is 4.79 Å². The van der Waals surface area contributed by atoms with E-state index in [2.05, 4.69) is 18.5 Å². The van der Waals surface area contributed by atoms with Crippen LogP contribution in [0.2, 0.25) is 0 Å². The Morgan fingerprint density at radius 1 is 1.25 bits per heavy atom. The van der Waals surface area contributed by atoms with Crippen LogP contribution in [0.15, 0.2) is 58.9 Å². The number of hydrogen-bond donors (Lipinski definition) is 0. The highest BCUT2D eigenvalue weighted by Crippen LogP contribution is 2.35. The van der Waals surface area contributed by atoms with Crippen molar-refractivity contribution in [2.24, 2.45) is 4.99 Å². The zero-order valence-electron chi connectivity index (χ0n) is 15.5.